The number of amides is 1. The highest BCUT2D eigenvalue weighted by Crippen LogP contribution is 2.28. The number of halogens is 2. The Morgan fingerprint density at radius 2 is 1.59 bits per heavy atom. The van der Waals surface area contributed by atoms with Gasteiger partial charge < -0.3 is 10.4 Å². The van der Waals surface area contributed by atoms with Gasteiger partial charge in [-0.1, -0.05) is 58.9 Å². The quantitative estimate of drug-likeness (QED) is 0.258. The van der Waals surface area contributed by atoms with Gasteiger partial charge in [-0.15, -0.1) is 0 Å². The third-order valence-electron chi connectivity index (χ3n) is 6.96. The first-order valence-corrected chi connectivity index (χ1v) is 15.2. The number of nitrogens with one attached hydrogen (secondary N) is 2. The van der Waals surface area contributed by atoms with Crippen molar-refractivity contribution in [2.24, 2.45) is 0 Å². The summed E-state index contributed by atoms with van der Waals surface area (Å²) < 4.78 is 57.4. The fourth-order valence-corrected chi connectivity index (χ4v) is 7.11. The molecule has 0 aliphatic rings. The molecule has 0 bridgehead atoms. The van der Waals surface area contributed by atoms with Gasteiger partial charge in [0, 0.05) is 32.0 Å². The van der Waals surface area contributed by atoms with Crippen LogP contribution in [0.15, 0.2) is 42.5 Å². The minimum atomic E-state index is -4.33. The highest BCUT2D eigenvalue weighted by molar-refractivity contribution is 7.84. The lowest BCUT2D eigenvalue weighted by atomic mass is 9.98. The summed E-state index contributed by atoms with van der Waals surface area (Å²) in [6.07, 6.45) is -0.469. The lowest BCUT2D eigenvalue weighted by Gasteiger charge is -2.44. The van der Waals surface area contributed by atoms with Crippen molar-refractivity contribution in [1.29, 1.82) is 0 Å². The summed E-state index contributed by atoms with van der Waals surface area (Å²) in [5.41, 5.74) is 2.43. The molecule has 0 aliphatic heterocycles. The van der Waals surface area contributed by atoms with Gasteiger partial charge in [0.25, 0.3) is 0 Å². The van der Waals surface area contributed by atoms with E-state index in [0.29, 0.717) is 25.3 Å². The van der Waals surface area contributed by atoms with Crippen LogP contribution in [0.4, 0.5) is 8.78 Å². The minimum Gasteiger partial charge on any atom is -0.386 e. The van der Waals surface area contributed by atoms with Crippen molar-refractivity contribution in [3.8, 4) is 0 Å². The topological polar surface area (TPSA) is 95.5 Å². The molecule has 39 heavy (non-hydrogen) atoms. The number of carbonyl (C=O) groups excluding carboxylic acids is 1. The largest absolute Gasteiger partial charge is 0.396 e. The van der Waals surface area contributed by atoms with E-state index in [1.54, 1.807) is 6.92 Å². The van der Waals surface area contributed by atoms with E-state index in [-0.39, 0.29) is 38.0 Å². The van der Waals surface area contributed by atoms with Crippen molar-refractivity contribution in [2.75, 3.05) is 19.6 Å². The summed E-state index contributed by atoms with van der Waals surface area (Å²) in [6, 6.07) is 10.1. The number of hydrogen-bond acceptors (Lipinski definition) is 5. The van der Waals surface area contributed by atoms with Crippen molar-refractivity contribution in [3.05, 3.63) is 70.8 Å². The molecule has 7 nitrogen and oxygen atoms in total. The molecule has 0 heterocycles. The first-order valence-electron chi connectivity index (χ1n) is 13.7. The van der Waals surface area contributed by atoms with Gasteiger partial charge in [-0.3, -0.25) is 4.79 Å². The second-order valence-corrected chi connectivity index (χ2v) is 12.3. The Balaban J connectivity index is 2.49. The minimum absolute atomic E-state index is 0.0309. The Hall–Kier alpha value is -2.40. The van der Waals surface area contributed by atoms with Crippen LogP contribution in [-0.2, 0) is 28.0 Å². The molecule has 1 amide bonds. The Labute approximate surface area is 232 Å². The van der Waals surface area contributed by atoms with Gasteiger partial charge in [-0.2, -0.15) is 12.3 Å². The summed E-state index contributed by atoms with van der Waals surface area (Å²) in [6.45, 7) is 10.1. The highest BCUT2D eigenvalue weighted by atomic mass is 32.2. The van der Waals surface area contributed by atoms with E-state index in [2.05, 4.69) is 30.0 Å². The number of carbonyl (C=O) groups is 1. The van der Waals surface area contributed by atoms with Gasteiger partial charge in [-0.05, 0) is 47.6 Å². The molecule has 2 atom stereocenters. The average molecular weight is 569 g/mol. The maximum Gasteiger partial charge on any atom is 0.396 e. The van der Waals surface area contributed by atoms with E-state index in [4.69, 9.17) is 0 Å². The normalized spacial score (nSPS) is 13.9. The van der Waals surface area contributed by atoms with Crippen molar-refractivity contribution in [3.63, 3.8) is 0 Å². The summed E-state index contributed by atoms with van der Waals surface area (Å²) in [7, 11) is -4.33. The molecule has 0 spiro atoms. The van der Waals surface area contributed by atoms with E-state index in [0.717, 1.165) is 23.8 Å². The molecular formula is C29H44F2N3O4S+. The van der Waals surface area contributed by atoms with E-state index in [1.807, 2.05) is 32.0 Å². The first-order chi connectivity index (χ1) is 18.4. The summed E-state index contributed by atoms with van der Waals surface area (Å²) in [5, 5.41) is 14.8. The second-order valence-electron chi connectivity index (χ2n) is 10.4. The summed E-state index contributed by atoms with van der Waals surface area (Å²) in [4.78, 5) is 12.3. The van der Waals surface area contributed by atoms with Gasteiger partial charge in [0.2, 0.25) is 5.91 Å². The number of hydrogen-bond donors (Lipinski definition) is 3. The molecule has 0 aromatic heterocycles. The lowest BCUT2D eigenvalue weighted by molar-refractivity contribution is -0.838. The molecule has 218 valence electrons. The zero-order valence-electron chi connectivity index (χ0n) is 23.7. The van der Waals surface area contributed by atoms with Crippen LogP contribution in [0.2, 0.25) is 0 Å². The van der Waals surface area contributed by atoms with Crippen LogP contribution in [0.3, 0.4) is 0 Å². The molecule has 0 fully saturated rings. The first kappa shape index (κ1) is 32.8. The Kier molecular flexibility index (Phi) is 12.5. The van der Waals surface area contributed by atoms with E-state index in [9.17, 15) is 27.1 Å². The Morgan fingerprint density at radius 1 is 0.974 bits per heavy atom. The maximum absolute atomic E-state index is 14.1. The average Bonchev–Trinajstić information content (AvgIpc) is 2.86. The SMILES string of the molecule is CCC[N+](CCC)(C(Cc1cc(F)cc(F)c1)C(O)CNCc1cccc(C(C)C)c1)S(=O)(=O)NC(=O)CC. The van der Waals surface area contributed by atoms with Crippen LogP contribution in [0.1, 0.15) is 76.5 Å². The van der Waals surface area contributed by atoms with Gasteiger partial charge >= 0.3 is 10.2 Å². The van der Waals surface area contributed by atoms with E-state index < -0.39 is 43.8 Å². The van der Waals surface area contributed by atoms with Crippen LogP contribution in [0.25, 0.3) is 0 Å². The zero-order chi connectivity index (χ0) is 29.2. The lowest BCUT2D eigenvalue weighted by Crippen LogP contribution is -2.68. The number of nitrogens with zero attached hydrogens (tertiary/aromatic N) is 1. The second kappa shape index (κ2) is 14.8. The zero-order valence-corrected chi connectivity index (χ0v) is 24.5. The smallest absolute Gasteiger partial charge is 0.386 e. The third-order valence-corrected chi connectivity index (χ3v) is 9.04. The Morgan fingerprint density at radius 3 is 2.13 bits per heavy atom. The molecule has 0 aliphatic carbocycles. The van der Waals surface area contributed by atoms with Crippen molar-refractivity contribution < 1.29 is 31.0 Å². The molecule has 10 heteroatoms. The predicted octanol–water partition coefficient (Wildman–Crippen LogP) is 4.56. The van der Waals surface area contributed by atoms with Crippen LogP contribution in [0, 0.1) is 11.6 Å². The monoisotopic (exact) mass is 568 g/mol. The number of aliphatic hydroxyl groups excluding tert-OH is 1. The number of aliphatic hydroxyl groups is 1. The van der Waals surface area contributed by atoms with E-state index >= 15 is 0 Å². The Bertz CT molecular complexity index is 1160. The van der Waals surface area contributed by atoms with Crippen LogP contribution < -0.4 is 10.0 Å². The van der Waals surface area contributed by atoms with Crippen molar-refractivity contribution in [2.45, 2.75) is 84.9 Å². The van der Waals surface area contributed by atoms with Gasteiger partial charge in [-0.25, -0.2) is 13.5 Å². The van der Waals surface area contributed by atoms with Crippen LogP contribution >= 0.6 is 0 Å². The fourth-order valence-electron chi connectivity index (χ4n) is 5.07. The van der Waals surface area contributed by atoms with Gasteiger partial charge in [0.1, 0.15) is 23.8 Å². The predicted molar refractivity (Wildman–Crippen MR) is 150 cm³/mol. The fraction of sp³-hybridized carbons (Fsp3) is 0.552. The number of rotatable bonds is 16. The molecule has 0 radical (unpaired) electrons. The standard InChI is InChI=1S/C29H43F2N3O4S/c1-6-12-34(13-7-2,39(37,38)33-29(36)8-3)27(17-23-15-25(30)18-26(31)16-23)28(35)20-32-19-22-10-9-11-24(14-22)21(4)5/h9-11,14-16,18,21,27-28,32,35H,6-8,12-13,17,19-20H2,1-5H3/p+1. The summed E-state index contributed by atoms with van der Waals surface area (Å²) in [5.74, 6) is -1.87. The molecule has 2 aromatic carbocycles. The van der Waals surface area contributed by atoms with E-state index in [1.165, 1.54) is 5.56 Å². The van der Waals surface area contributed by atoms with Crippen molar-refractivity contribution in [1.82, 2.24) is 10.0 Å². The third kappa shape index (κ3) is 8.79. The van der Waals surface area contributed by atoms with Gasteiger partial charge in [0.15, 0.2) is 0 Å². The molecule has 2 aromatic rings. The molecule has 0 saturated heterocycles. The van der Waals surface area contributed by atoms with Crippen molar-refractivity contribution >= 4 is 16.1 Å². The molecular weight excluding hydrogens is 524 g/mol. The number of quaternary nitrogens is 1. The van der Waals surface area contributed by atoms with Crippen LogP contribution in [0.5, 0.6) is 0 Å². The number of benzene rings is 2. The molecule has 2 rings (SSSR count). The molecule has 0 saturated carbocycles. The van der Waals surface area contributed by atoms with Crippen LogP contribution in [-0.4, -0.2) is 55.1 Å². The van der Waals surface area contributed by atoms with Gasteiger partial charge in [0.05, 0.1) is 13.1 Å². The molecule has 3 N–H and O–H groups in total. The highest BCUT2D eigenvalue weighted by Gasteiger charge is 2.51. The molecule has 2 unspecified atom stereocenters. The maximum atomic E-state index is 14.1. The summed E-state index contributed by atoms with van der Waals surface area (Å²) >= 11 is 0.